The van der Waals surface area contributed by atoms with Gasteiger partial charge in [0.25, 0.3) is 5.56 Å². The highest BCUT2D eigenvalue weighted by Gasteiger charge is 2.42. The van der Waals surface area contributed by atoms with Crippen molar-refractivity contribution in [1.82, 2.24) is 25.1 Å². The van der Waals surface area contributed by atoms with Crippen molar-refractivity contribution in [2.24, 2.45) is 0 Å². The Morgan fingerprint density at radius 3 is 2.26 bits per heavy atom. The van der Waals surface area contributed by atoms with E-state index < -0.39 is 35.1 Å². The summed E-state index contributed by atoms with van der Waals surface area (Å²) in [7, 11) is 1.62. The minimum atomic E-state index is -4.85. The number of carbonyl (C=O) groups is 1. The monoisotopic (exact) mass is 549 g/mol. The van der Waals surface area contributed by atoms with E-state index in [9.17, 15) is 35.9 Å². The van der Waals surface area contributed by atoms with Gasteiger partial charge < -0.3 is 19.4 Å². The zero-order chi connectivity index (χ0) is 27.7. The molecule has 4 rings (SSSR count). The van der Waals surface area contributed by atoms with Crippen LogP contribution in [0.5, 0.6) is 0 Å². The Morgan fingerprint density at radius 1 is 1.05 bits per heavy atom. The second-order valence-electron chi connectivity index (χ2n) is 9.10. The quantitative estimate of drug-likeness (QED) is 0.525. The number of likely N-dealkylation sites (N-methyl/N-ethyl adjacent to an activating group) is 1. The largest absolute Gasteiger partial charge is 0.423 e. The number of halogens is 6. The molecule has 0 saturated carbocycles. The van der Waals surface area contributed by atoms with Crippen LogP contribution in [-0.4, -0.2) is 83.0 Å². The van der Waals surface area contributed by atoms with Gasteiger partial charge in [-0.05, 0) is 19.3 Å². The Balaban J connectivity index is 1.24. The first-order valence-corrected chi connectivity index (χ1v) is 11.8. The van der Waals surface area contributed by atoms with Crippen LogP contribution < -0.4 is 15.4 Å². The molecule has 0 radical (unpaired) electrons. The first-order valence-electron chi connectivity index (χ1n) is 11.8. The Morgan fingerprint density at radius 2 is 1.71 bits per heavy atom. The molecule has 2 fully saturated rings. The fourth-order valence-electron chi connectivity index (χ4n) is 4.48. The summed E-state index contributed by atoms with van der Waals surface area (Å²) in [6.07, 6.45) is -5.33. The number of hydrogen-bond donors (Lipinski definition) is 1. The Bertz CT molecular complexity index is 1180. The summed E-state index contributed by atoms with van der Waals surface area (Å²) in [6, 6.07) is -0.571. The second kappa shape index (κ2) is 10.7. The Labute approximate surface area is 212 Å². The number of alkyl halides is 6. The lowest BCUT2D eigenvalue weighted by Crippen LogP contribution is -2.52. The molecule has 0 spiro atoms. The van der Waals surface area contributed by atoms with Crippen LogP contribution in [-0.2, 0) is 21.9 Å². The number of rotatable bonds is 7. The van der Waals surface area contributed by atoms with E-state index in [-0.39, 0.29) is 43.3 Å². The molecule has 4 heterocycles. The maximum atomic E-state index is 13.4. The summed E-state index contributed by atoms with van der Waals surface area (Å²) in [5.41, 5.74) is -3.90. The normalized spacial score (nSPS) is 18.9. The number of nitrogens with one attached hydrogen (secondary N) is 1. The molecular formula is C22H25F6N7O3. The molecule has 38 heavy (non-hydrogen) atoms. The van der Waals surface area contributed by atoms with Gasteiger partial charge in [0.2, 0.25) is 11.9 Å². The molecular weight excluding hydrogens is 524 g/mol. The predicted molar refractivity (Wildman–Crippen MR) is 121 cm³/mol. The number of carbonyl (C=O) groups excluding carboxylic acids is 1. The molecule has 16 heteroatoms. The molecule has 208 valence electrons. The molecule has 2 aromatic heterocycles. The van der Waals surface area contributed by atoms with E-state index in [0.717, 1.165) is 18.6 Å². The number of aromatic nitrogens is 4. The number of H-pyrrole nitrogens is 1. The second-order valence-corrected chi connectivity index (χ2v) is 9.10. The van der Waals surface area contributed by atoms with Crippen LogP contribution in [0.1, 0.15) is 30.4 Å². The zero-order valence-electron chi connectivity index (χ0n) is 20.2. The fraction of sp³-hybridized carbons (Fsp3) is 0.591. The number of aromatic amines is 1. The van der Waals surface area contributed by atoms with Crippen LogP contribution >= 0.6 is 0 Å². The molecule has 2 aliphatic rings. The Kier molecular flexibility index (Phi) is 7.80. The van der Waals surface area contributed by atoms with Crippen LogP contribution in [0.15, 0.2) is 23.4 Å². The standard InChI is InChI=1S/C22H25F6N7O3/c1-33(14-2-5-34(6-3-14)20-29-8-13(9-30-20)21(23,24)25)17(36)12-38-11-15-4-7-35(15)16-10-31-32-19(37)18(16)22(26,27)28/h8-10,14-15H,2-7,11-12H2,1H3,(H,32,37). The van der Waals surface area contributed by atoms with E-state index in [4.69, 9.17) is 4.74 Å². The van der Waals surface area contributed by atoms with E-state index in [1.54, 1.807) is 17.0 Å². The van der Waals surface area contributed by atoms with Crippen LogP contribution in [0.4, 0.5) is 38.0 Å². The van der Waals surface area contributed by atoms with E-state index in [0.29, 0.717) is 32.4 Å². The lowest BCUT2D eigenvalue weighted by molar-refractivity contribution is -0.139. The molecule has 1 atom stereocenters. The minimum Gasteiger partial charge on any atom is -0.369 e. The lowest BCUT2D eigenvalue weighted by Gasteiger charge is -2.43. The van der Waals surface area contributed by atoms with Gasteiger partial charge in [0.05, 0.1) is 30.1 Å². The van der Waals surface area contributed by atoms with Crippen LogP contribution in [0.25, 0.3) is 0 Å². The third kappa shape index (κ3) is 6.00. The molecule has 2 saturated heterocycles. The molecule has 1 unspecified atom stereocenters. The van der Waals surface area contributed by atoms with Crippen molar-refractivity contribution in [2.75, 3.05) is 49.7 Å². The molecule has 0 aromatic carbocycles. The molecule has 0 bridgehead atoms. The van der Waals surface area contributed by atoms with Crippen molar-refractivity contribution in [1.29, 1.82) is 0 Å². The maximum absolute atomic E-state index is 13.4. The van der Waals surface area contributed by atoms with E-state index in [1.807, 2.05) is 0 Å². The van der Waals surface area contributed by atoms with Gasteiger partial charge in [-0.1, -0.05) is 0 Å². The summed E-state index contributed by atoms with van der Waals surface area (Å²) >= 11 is 0. The average molecular weight is 549 g/mol. The van der Waals surface area contributed by atoms with Crippen molar-refractivity contribution < 1.29 is 35.9 Å². The SMILES string of the molecule is CN(C(=O)COCC1CCN1c1cn[nH]c(=O)c1C(F)(F)F)C1CCN(c2ncc(C(F)(F)F)cn2)CC1. The summed E-state index contributed by atoms with van der Waals surface area (Å²) < 4.78 is 83.7. The number of anilines is 2. The number of piperidine rings is 1. The number of amides is 1. The van der Waals surface area contributed by atoms with Gasteiger partial charge in [-0.15, -0.1) is 0 Å². The van der Waals surface area contributed by atoms with Crippen molar-refractivity contribution in [3.63, 3.8) is 0 Å². The first-order chi connectivity index (χ1) is 17.9. The van der Waals surface area contributed by atoms with Gasteiger partial charge in [-0.3, -0.25) is 9.59 Å². The van der Waals surface area contributed by atoms with Gasteiger partial charge in [-0.2, -0.15) is 31.4 Å². The number of hydrogen-bond acceptors (Lipinski definition) is 8. The summed E-state index contributed by atoms with van der Waals surface area (Å²) in [5.74, 6) is -0.128. The lowest BCUT2D eigenvalue weighted by atomic mass is 10.0. The van der Waals surface area contributed by atoms with Gasteiger partial charge in [0, 0.05) is 45.1 Å². The number of nitrogens with zero attached hydrogens (tertiary/aromatic N) is 6. The van der Waals surface area contributed by atoms with Crippen LogP contribution in [0.3, 0.4) is 0 Å². The van der Waals surface area contributed by atoms with E-state index in [1.165, 1.54) is 9.80 Å². The van der Waals surface area contributed by atoms with Gasteiger partial charge in [0.15, 0.2) is 0 Å². The van der Waals surface area contributed by atoms with Crippen molar-refractivity contribution in [3.8, 4) is 0 Å². The van der Waals surface area contributed by atoms with Gasteiger partial charge >= 0.3 is 12.4 Å². The first kappa shape index (κ1) is 27.6. The van der Waals surface area contributed by atoms with Crippen LogP contribution in [0, 0.1) is 0 Å². The third-order valence-electron chi connectivity index (χ3n) is 6.76. The van der Waals surface area contributed by atoms with E-state index >= 15 is 0 Å². The van der Waals surface area contributed by atoms with Crippen molar-refractivity contribution in [3.05, 3.63) is 40.1 Å². The maximum Gasteiger partial charge on any atom is 0.423 e. The van der Waals surface area contributed by atoms with Crippen LogP contribution in [0.2, 0.25) is 0 Å². The molecule has 1 N–H and O–H groups in total. The Hall–Kier alpha value is -3.43. The highest BCUT2D eigenvalue weighted by Crippen LogP contribution is 2.37. The summed E-state index contributed by atoms with van der Waals surface area (Å²) in [4.78, 5) is 36.6. The molecule has 1 amide bonds. The fourth-order valence-corrected chi connectivity index (χ4v) is 4.48. The molecule has 10 nitrogen and oxygen atoms in total. The molecule has 2 aromatic rings. The van der Waals surface area contributed by atoms with E-state index in [2.05, 4.69) is 15.1 Å². The highest BCUT2D eigenvalue weighted by molar-refractivity contribution is 5.77. The van der Waals surface area contributed by atoms with Gasteiger partial charge in [0.1, 0.15) is 12.2 Å². The molecule has 0 aliphatic carbocycles. The summed E-state index contributed by atoms with van der Waals surface area (Å²) in [6.45, 7) is 0.891. The zero-order valence-corrected chi connectivity index (χ0v) is 20.2. The smallest absolute Gasteiger partial charge is 0.369 e. The third-order valence-corrected chi connectivity index (χ3v) is 6.76. The predicted octanol–water partition coefficient (Wildman–Crippen LogP) is 2.32. The molecule has 2 aliphatic heterocycles. The topological polar surface area (TPSA) is 108 Å². The minimum absolute atomic E-state index is 0.00657. The highest BCUT2D eigenvalue weighted by atomic mass is 19.4. The summed E-state index contributed by atoms with van der Waals surface area (Å²) in [5, 5.41) is 5.28. The van der Waals surface area contributed by atoms with Crippen molar-refractivity contribution in [2.45, 2.75) is 43.7 Å². The average Bonchev–Trinajstić information content (AvgIpc) is 2.84. The van der Waals surface area contributed by atoms with Gasteiger partial charge in [-0.25, -0.2) is 15.1 Å². The van der Waals surface area contributed by atoms with Crippen molar-refractivity contribution >= 4 is 17.5 Å². The number of ether oxygens (including phenoxy) is 1.